The molecule has 1 saturated heterocycles. The van der Waals surface area contributed by atoms with Crippen LogP contribution in [0.3, 0.4) is 0 Å². The zero-order chi connectivity index (χ0) is 13.6. The lowest BCUT2D eigenvalue weighted by atomic mass is 10.1. The second-order valence-electron chi connectivity index (χ2n) is 5.38. The molecule has 4 heteroatoms. The number of nitrogens with one attached hydrogen (secondary N) is 1. The molecule has 2 heterocycles. The molecule has 0 saturated carbocycles. The maximum Gasteiger partial charge on any atom is 0.0795 e. The largest absolute Gasteiger partial charge is 0.307 e. The van der Waals surface area contributed by atoms with Gasteiger partial charge in [-0.2, -0.15) is 0 Å². The van der Waals surface area contributed by atoms with E-state index in [1.807, 2.05) is 5.51 Å². The van der Waals surface area contributed by atoms with E-state index >= 15 is 0 Å². The number of hydrogen-bond acceptors (Lipinski definition) is 4. The quantitative estimate of drug-likeness (QED) is 0.885. The van der Waals surface area contributed by atoms with Gasteiger partial charge in [-0.05, 0) is 24.9 Å². The SMILES string of the molecule is c1ccc(CCN2CCC(NCc3cscn3)C2)cc1. The standard InChI is InChI=1S/C16H21N3S/c1-2-4-14(5-3-1)6-8-19-9-7-15(11-19)17-10-16-12-20-13-18-16/h1-5,12-13,15,17H,6-11H2. The number of rotatable bonds is 6. The summed E-state index contributed by atoms with van der Waals surface area (Å²) in [6.45, 7) is 4.44. The fourth-order valence-corrected chi connectivity index (χ4v) is 3.27. The van der Waals surface area contributed by atoms with Crippen molar-refractivity contribution >= 4 is 11.3 Å². The summed E-state index contributed by atoms with van der Waals surface area (Å²) in [4.78, 5) is 6.88. The Labute approximate surface area is 124 Å². The first kappa shape index (κ1) is 13.7. The summed E-state index contributed by atoms with van der Waals surface area (Å²) < 4.78 is 0. The predicted molar refractivity (Wildman–Crippen MR) is 83.9 cm³/mol. The summed E-state index contributed by atoms with van der Waals surface area (Å²) >= 11 is 1.67. The van der Waals surface area contributed by atoms with Gasteiger partial charge in [0.1, 0.15) is 0 Å². The highest BCUT2D eigenvalue weighted by molar-refractivity contribution is 7.07. The summed E-state index contributed by atoms with van der Waals surface area (Å²) in [5.74, 6) is 0. The molecular weight excluding hydrogens is 266 g/mol. The van der Waals surface area contributed by atoms with Crippen LogP contribution in [0.15, 0.2) is 41.2 Å². The number of hydrogen-bond donors (Lipinski definition) is 1. The van der Waals surface area contributed by atoms with Gasteiger partial charge in [-0.1, -0.05) is 30.3 Å². The zero-order valence-corrected chi connectivity index (χ0v) is 12.5. The molecule has 3 rings (SSSR count). The van der Waals surface area contributed by atoms with Crippen LogP contribution in [-0.4, -0.2) is 35.6 Å². The second kappa shape index (κ2) is 6.97. The minimum Gasteiger partial charge on any atom is -0.307 e. The van der Waals surface area contributed by atoms with Gasteiger partial charge in [0.25, 0.3) is 0 Å². The maximum absolute atomic E-state index is 4.31. The Morgan fingerprint density at radius 2 is 2.20 bits per heavy atom. The Morgan fingerprint density at radius 3 is 3.00 bits per heavy atom. The van der Waals surface area contributed by atoms with Gasteiger partial charge in [0.05, 0.1) is 11.2 Å². The molecule has 20 heavy (non-hydrogen) atoms. The van der Waals surface area contributed by atoms with Crippen molar-refractivity contribution in [3.8, 4) is 0 Å². The van der Waals surface area contributed by atoms with E-state index in [4.69, 9.17) is 0 Å². The highest BCUT2D eigenvalue weighted by atomic mass is 32.1. The molecule has 0 bridgehead atoms. The van der Waals surface area contributed by atoms with Crippen molar-refractivity contribution in [2.24, 2.45) is 0 Å². The Hall–Kier alpha value is -1.23. The van der Waals surface area contributed by atoms with E-state index in [9.17, 15) is 0 Å². The maximum atomic E-state index is 4.31. The molecule has 0 radical (unpaired) electrons. The van der Waals surface area contributed by atoms with Crippen LogP contribution < -0.4 is 5.32 Å². The Balaban J connectivity index is 1.38. The molecule has 0 amide bonds. The highest BCUT2D eigenvalue weighted by Crippen LogP contribution is 2.11. The minimum atomic E-state index is 0.618. The van der Waals surface area contributed by atoms with Crippen molar-refractivity contribution in [3.05, 3.63) is 52.5 Å². The van der Waals surface area contributed by atoms with Gasteiger partial charge in [0, 0.05) is 31.1 Å². The summed E-state index contributed by atoms with van der Waals surface area (Å²) in [7, 11) is 0. The molecule has 106 valence electrons. The van der Waals surface area contributed by atoms with Gasteiger partial charge in [0.15, 0.2) is 0 Å². The van der Waals surface area contributed by atoms with Crippen molar-refractivity contribution in [1.29, 1.82) is 0 Å². The van der Waals surface area contributed by atoms with Gasteiger partial charge in [0.2, 0.25) is 0 Å². The third kappa shape index (κ3) is 3.88. The number of likely N-dealkylation sites (tertiary alicyclic amines) is 1. The lowest BCUT2D eigenvalue weighted by Gasteiger charge is -2.16. The Bertz CT molecular complexity index is 498. The lowest BCUT2D eigenvalue weighted by molar-refractivity contribution is 0.331. The van der Waals surface area contributed by atoms with Crippen molar-refractivity contribution in [2.45, 2.75) is 25.4 Å². The molecule has 0 aliphatic carbocycles. The Morgan fingerprint density at radius 1 is 1.30 bits per heavy atom. The fourth-order valence-electron chi connectivity index (χ4n) is 2.71. The van der Waals surface area contributed by atoms with E-state index in [0.717, 1.165) is 25.2 Å². The van der Waals surface area contributed by atoms with E-state index in [1.54, 1.807) is 11.3 Å². The van der Waals surface area contributed by atoms with Crippen molar-refractivity contribution in [2.75, 3.05) is 19.6 Å². The first-order valence-corrected chi connectivity index (χ1v) is 8.21. The van der Waals surface area contributed by atoms with Gasteiger partial charge in [-0.3, -0.25) is 0 Å². The van der Waals surface area contributed by atoms with Gasteiger partial charge in [-0.15, -0.1) is 11.3 Å². The minimum absolute atomic E-state index is 0.618. The van der Waals surface area contributed by atoms with Crippen LogP contribution in [0.2, 0.25) is 0 Å². The molecular formula is C16H21N3S. The van der Waals surface area contributed by atoms with Gasteiger partial charge in [-0.25, -0.2) is 4.98 Å². The number of aromatic nitrogens is 1. The molecule has 1 N–H and O–H groups in total. The molecule has 0 spiro atoms. The normalized spacial score (nSPS) is 19.5. The van der Waals surface area contributed by atoms with Crippen LogP contribution in [0.4, 0.5) is 0 Å². The van der Waals surface area contributed by atoms with E-state index in [-0.39, 0.29) is 0 Å². The van der Waals surface area contributed by atoms with Crippen LogP contribution in [0, 0.1) is 0 Å². The second-order valence-corrected chi connectivity index (χ2v) is 6.10. The first-order valence-electron chi connectivity index (χ1n) is 7.27. The van der Waals surface area contributed by atoms with Crippen LogP contribution in [0.5, 0.6) is 0 Å². The smallest absolute Gasteiger partial charge is 0.0795 e. The van der Waals surface area contributed by atoms with E-state index in [2.05, 4.69) is 50.9 Å². The molecule has 1 aliphatic heterocycles. The molecule has 1 unspecified atom stereocenters. The van der Waals surface area contributed by atoms with Crippen LogP contribution >= 0.6 is 11.3 Å². The molecule has 3 nitrogen and oxygen atoms in total. The average molecular weight is 287 g/mol. The van der Waals surface area contributed by atoms with Gasteiger partial charge >= 0.3 is 0 Å². The number of thiazole rings is 1. The monoisotopic (exact) mass is 287 g/mol. The van der Waals surface area contributed by atoms with E-state index in [1.165, 1.54) is 25.1 Å². The summed E-state index contributed by atoms with van der Waals surface area (Å²) in [5, 5.41) is 5.73. The number of benzene rings is 1. The van der Waals surface area contributed by atoms with Crippen LogP contribution in [0.25, 0.3) is 0 Å². The highest BCUT2D eigenvalue weighted by Gasteiger charge is 2.21. The topological polar surface area (TPSA) is 28.2 Å². The summed E-state index contributed by atoms with van der Waals surface area (Å²) in [6.07, 6.45) is 2.40. The van der Waals surface area contributed by atoms with Crippen LogP contribution in [-0.2, 0) is 13.0 Å². The van der Waals surface area contributed by atoms with Crippen molar-refractivity contribution in [1.82, 2.24) is 15.2 Å². The van der Waals surface area contributed by atoms with E-state index < -0.39 is 0 Å². The lowest BCUT2D eigenvalue weighted by Crippen LogP contribution is -2.32. The number of nitrogens with zero attached hydrogens (tertiary/aromatic N) is 2. The zero-order valence-electron chi connectivity index (χ0n) is 11.7. The van der Waals surface area contributed by atoms with Crippen LogP contribution in [0.1, 0.15) is 17.7 Å². The Kier molecular flexibility index (Phi) is 4.79. The molecule has 1 atom stereocenters. The molecule has 2 aromatic rings. The summed E-state index contributed by atoms with van der Waals surface area (Å²) in [6, 6.07) is 11.4. The van der Waals surface area contributed by atoms with Crippen molar-refractivity contribution < 1.29 is 0 Å². The van der Waals surface area contributed by atoms with Crippen molar-refractivity contribution in [3.63, 3.8) is 0 Å². The predicted octanol–water partition coefficient (Wildman–Crippen LogP) is 2.55. The molecule has 1 aromatic heterocycles. The first-order chi connectivity index (χ1) is 9.90. The van der Waals surface area contributed by atoms with E-state index in [0.29, 0.717) is 6.04 Å². The molecule has 1 fully saturated rings. The average Bonchev–Trinajstić information content (AvgIpc) is 3.16. The molecule has 1 aromatic carbocycles. The summed E-state index contributed by atoms with van der Waals surface area (Å²) in [5.41, 5.74) is 4.50. The fraction of sp³-hybridized carbons (Fsp3) is 0.438. The van der Waals surface area contributed by atoms with Gasteiger partial charge < -0.3 is 10.2 Å². The third-order valence-electron chi connectivity index (χ3n) is 3.89. The third-order valence-corrected chi connectivity index (χ3v) is 4.52. The molecule has 1 aliphatic rings.